The average molecular weight is 237 g/mol. The molecule has 17 heavy (non-hydrogen) atoms. The number of rotatable bonds is 4. The maximum Gasteiger partial charge on any atom is 0.331 e. The van der Waals surface area contributed by atoms with Crippen molar-refractivity contribution in [1.29, 1.82) is 0 Å². The zero-order valence-electron chi connectivity index (χ0n) is 9.27. The van der Waals surface area contributed by atoms with Gasteiger partial charge in [-0.1, -0.05) is 12.1 Å². The van der Waals surface area contributed by atoms with E-state index >= 15 is 0 Å². The molecule has 1 aromatic rings. The number of halogens is 1. The molecule has 0 radical (unpaired) electrons. The van der Waals surface area contributed by atoms with Gasteiger partial charge in [-0.25, -0.2) is 9.18 Å². The number of hydrogen-bond acceptors (Lipinski definition) is 3. The molecule has 0 saturated carbocycles. The smallest absolute Gasteiger partial charge is 0.331 e. The van der Waals surface area contributed by atoms with Gasteiger partial charge in [0.1, 0.15) is 5.82 Å². The summed E-state index contributed by atoms with van der Waals surface area (Å²) in [6, 6.07) is 5.76. The minimum Gasteiger partial charge on any atom is -0.452 e. The minimum atomic E-state index is -0.655. The molecule has 0 aliphatic carbocycles. The molecule has 0 unspecified atom stereocenters. The van der Waals surface area contributed by atoms with Crippen LogP contribution in [-0.4, -0.2) is 25.5 Å². The first-order chi connectivity index (χ1) is 8.11. The third kappa shape index (κ3) is 4.92. The molecule has 0 fully saturated rings. The van der Waals surface area contributed by atoms with Crippen LogP contribution in [0.5, 0.6) is 0 Å². The summed E-state index contributed by atoms with van der Waals surface area (Å²) in [7, 11) is 1.44. The van der Waals surface area contributed by atoms with E-state index in [1.807, 2.05) is 0 Å². The van der Waals surface area contributed by atoms with E-state index in [-0.39, 0.29) is 12.4 Å². The van der Waals surface area contributed by atoms with Gasteiger partial charge in [0.25, 0.3) is 5.91 Å². The third-order valence-corrected chi connectivity index (χ3v) is 1.88. The van der Waals surface area contributed by atoms with Crippen molar-refractivity contribution in [2.75, 3.05) is 13.7 Å². The fourth-order valence-corrected chi connectivity index (χ4v) is 1.03. The summed E-state index contributed by atoms with van der Waals surface area (Å²) in [6.07, 6.45) is 2.55. The van der Waals surface area contributed by atoms with Crippen LogP contribution in [0, 0.1) is 5.82 Å². The summed E-state index contributed by atoms with van der Waals surface area (Å²) in [5.74, 6) is -1.43. The second kappa shape index (κ2) is 6.42. The van der Waals surface area contributed by atoms with Gasteiger partial charge in [-0.15, -0.1) is 0 Å². The standard InChI is InChI=1S/C12H12FNO3/c1-14-11(15)8-17-12(16)6-5-9-3-2-4-10(13)7-9/h2-7H,8H2,1H3,(H,14,15)/b6-5+. The number of esters is 1. The van der Waals surface area contributed by atoms with Gasteiger partial charge in [0.2, 0.25) is 0 Å². The lowest BCUT2D eigenvalue weighted by Crippen LogP contribution is -2.24. The quantitative estimate of drug-likeness (QED) is 0.630. The topological polar surface area (TPSA) is 55.4 Å². The molecule has 5 heteroatoms. The minimum absolute atomic E-state index is 0.331. The van der Waals surface area contributed by atoms with Crippen LogP contribution in [0.15, 0.2) is 30.3 Å². The van der Waals surface area contributed by atoms with Gasteiger partial charge in [0, 0.05) is 13.1 Å². The molecule has 0 aliphatic heterocycles. The largest absolute Gasteiger partial charge is 0.452 e. The zero-order chi connectivity index (χ0) is 12.7. The van der Waals surface area contributed by atoms with Crippen molar-refractivity contribution >= 4 is 18.0 Å². The molecule has 1 rings (SSSR count). The number of hydrogen-bond donors (Lipinski definition) is 1. The molecular weight excluding hydrogens is 225 g/mol. The number of carbonyl (C=O) groups is 2. The summed E-state index contributed by atoms with van der Waals surface area (Å²) < 4.78 is 17.4. The molecule has 4 nitrogen and oxygen atoms in total. The molecule has 1 aromatic carbocycles. The van der Waals surface area contributed by atoms with E-state index in [0.717, 1.165) is 6.08 Å². The Morgan fingerprint density at radius 2 is 2.24 bits per heavy atom. The lowest BCUT2D eigenvalue weighted by molar-refractivity contribution is -0.143. The highest BCUT2D eigenvalue weighted by atomic mass is 19.1. The van der Waals surface area contributed by atoms with Gasteiger partial charge in [0.15, 0.2) is 6.61 Å². The Kier molecular flexibility index (Phi) is 4.87. The van der Waals surface area contributed by atoms with E-state index in [4.69, 9.17) is 0 Å². The number of amides is 1. The molecule has 90 valence electrons. The van der Waals surface area contributed by atoms with E-state index in [2.05, 4.69) is 10.1 Å². The van der Waals surface area contributed by atoms with Crippen molar-refractivity contribution in [2.45, 2.75) is 0 Å². The van der Waals surface area contributed by atoms with Gasteiger partial charge >= 0.3 is 5.97 Å². The number of likely N-dealkylation sites (N-methyl/N-ethyl adjacent to an activating group) is 1. The van der Waals surface area contributed by atoms with E-state index in [1.54, 1.807) is 6.07 Å². The van der Waals surface area contributed by atoms with Gasteiger partial charge in [-0.3, -0.25) is 4.79 Å². The van der Waals surface area contributed by atoms with Crippen LogP contribution in [0.25, 0.3) is 6.08 Å². The van der Waals surface area contributed by atoms with Crippen molar-refractivity contribution in [2.24, 2.45) is 0 Å². The number of carbonyl (C=O) groups excluding carboxylic acids is 2. The van der Waals surface area contributed by atoms with Gasteiger partial charge in [0.05, 0.1) is 0 Å². The fourth-order valence-electron chi connectivity index (χ4n) is 1.03. The maximum absolute atomic E-state index is 12.8. The van der Waals surface area contributed by atoms with Crippen LogP contribution in [0.4, 0.5) is 4.39 Å². The second-order valence-electron chi connectivity index (χ2n) is 3.17. The highest BCUT2D eigenvalue weighted by Gasteiger charge is 2.01. The maximum atomic E-state index is 12.8. The average Bonchev–Trinajstić information content (AvgIpc) is 2.33. The number of ether oxygens (including phenoxy) is 1. The molecule has 0 saturated heterocycles. The molecule has 0 bridgehead atoms. The second-order valence-corrected chi connectivity index (χ2v) is 3.17. The Morgan fingerprint density at radius 1 is 1.47 bits per heavy atom. The highest BCUT2D eigenvalue weighted by Crippen LogP contribution is 2.05. The van der Waals surface area contributed by atoms with E-state index in [0.29, 0.717) is 5.56 Å². The summed E-state index contributed by atoms with van der Waals surface area (Å²) in [5, 5.41) is 2.31. The van der Waals surface area contributed by atoms with E-state index < -0.39 is 11.9 Å². The van der Waals surface area contributed by atoms with E-state index in [9.17, 15) is 14.0 Å². The Balaban J connectivity index is 2.48. The predicted molar refractivity (Wildman–Crippen MR) is 60.5 cm³/mol. The Bertz CT molecular complexity index is 443. The third-order valence-electron chi connectivity index (χ3n) is 1.88. The summed E-state index contributed by atoms with van der Waals surface area (Å²) in [5.41, 5.74) is 0.543. The van der Waals surface area contributed by atoms with Crippen molar-refractivity contribution in [1.82, 2.24) is 5.32 Å². The summed E-state index contributed by atoms with van der Waals surface area (Å²) in [4.78, 5) is 21.9. The monoisotopic (exact) mass is 237 g/mol. The number of benzene rings is 1. The normalized spacial score (nSPS) is 10.2. The highest BCUT2D eigenvalue weighted by molar-refractivity contribution is 5.89. The van der Waals surface area contributed by atoms with E-state index in [1.165, 1.54) is 31.3 Å². The molecular formula is C12H12FNO3. The van der Waals surface area contributed by atoms with Gasteiger partial charge in [-0.2, -0.15) is 0 Å². The molecule has 0 aromatic heterocycles. The number of nitrogens with one attached hydrogen (secondary N) is 1. The molecule has 1 N–H and O–H groups in total. The van der Waals surface area contributed by atoms with Crippen LogP contribution in [0.3, 0.4) is 0 Å². The van der Waals surface area contributed by atoms with Gasteiger partial charge in [-0.05, 0) is 23.8 Å². The molecule has 0 spiro atoms. The summed E-state index contributed by atoms with van der Waals surface area (Å²) >= 11 is 0. The Morgan fingerprint density at radius 3 is 2.88 bits per heavy atom. The first kappa shape index (κ1) is 12.9. The van der Waals surface area contributed by atoms with Crippen LogP contribution in [0.2, 0.25) is 0 Å². The molecule has 1 amide bonds. The van der Waals surface area contributed by atoms with Crippen LogP contribution < -0.4 is 5.32 Å². The fraction of sp³-hybridized carbons (Fsp3) is 0.167. The first-order valence-corrected chi connectivity index (χ1v) is 4.93. The predicted octanol–water partition coefficient (Wildman–Crippen LogP) is 1.13. The Hall–Kier alpha value is -2.17. The molecule has 0 heterocycles. The molecule has 0 atom stereocenters. The van der Waals surface area contributed by atoms with Crippen LogP contribution >= 0.6 is 0 Å². The molecule has 0 aliphatic rings. The van der Waals surface area contributed by atoms with Crippen molar-refractivity contribution < 1.29 is 18.7 Å². The first-order valence-electron chi connectivity index (χ1n) is 4.93. The van der Waals surface area contributed by atoms with Crippen LogP contribution in [-0.2, 0) is 14.3 Å². The Labute approximate surface area is 98.1 Å². The lowest BCUT2D eigenvalue weighted by atomic mass is 10.2. The van der Waals surface area contributed by atoms with Crippen molar-refractivity contribution in [3.05, 3.63) is 41.7 Å². The van der Waals surface area contributed by atoms with Crippen molar-refractivity contribution in [3.8, 4) is 0 Å². The van der Waals surface area contributed by atoms with Crippen LogP contribution in [0.1, 0.15) is 5.56 Å². The van der Waals surface area contributed by atoms with Crippen molar-refractivity contribution in [3.63, 3.8) is 0 Å². The lowest BCUT2D eigenvalue weighted by Gasteiger charge is -1.99. The summed E-state index contributed by atoms with van der Waals surface area (Å²) in [6.45, 7) is -0.331. The van der Waals surface area contributed by atoms with Gasteiger partial charge < -0.3 is 10.1 Å². The SMILES string of the molecule is CNC(=O)COC(=O)/C=C/c1cccc(F)c1. The zero-order valence-corrected chi connectivity index (χ0v) is 9.27.